The topological polar surface area (TPSA) is 56.1 Å². The van der Waals surface area contributed by atoms with E-state index in [2.05, 4.69) is 34.8 Å². The van der Waals surface area contributed by atoms with Crippen LogP contribution in [0.1, 0.15) is 62.2 Å². The van der Waals surface area contributed by atoms with Crippen molar-refractivity contribution in [3.05, 3.63) is 46.7 Å². The predicted octanol–water partition coefficient (Wildman–Crippen LogP) is 4.73. The van der Waals surface area contributed by atoms with E-state index in [0.29, 0.717) is 48.1 Å². The van der Waals surface area contributed by atoms with Crippen LogP contribution in [0.3, 0.4) is 0 Å². The van der Waals surface area contributed by atoms with E-state index in [1.54, 1.807) is 6.07 Å². The molecule has 6 nitrogen and oxygen atoms in total. The Morgan fingerprint density at radius 3 is 2.58 bits per heavy atom. The summed E-state index contributed by atoms with van der Waals surface area (Å²) >= 11 is 0. The third-order valence-corrected chi connectivity index (χ3v) is 7.18. The van der Waals surface area contributed by atoms with Gasteiger partial charge in [-0.2, -0.15) is 9.97 Å². The van der Waals surface area contributed by atoms with E-state index in [1.165, 1.54) is 25.9 Å². The van der Waals surface area contributed by atoms with Crippen molar-refractivity contribution in [2.75, 3.05) is 26.2 Å². The lowest BCUT2D eigenvalue weighted by Crippen LogP contribution is -2.46. The molecule has 3 saturated heterocycles. The minimum absolute atomic E-state index is 0.142. The molecule has 2 aromatic heterocycles. The summed E-state index contributed by atoms with van der Waals surface area (Å²) < 4.78 is 23.0. The highest BCUT2D eigenvalue weighted by Gasteiger charge is 2.35. The summed E-state index contributed by atoms with van der Waals surface area (Å²) in [5, 5.41) is 0. The van der Waals surface area contributed by atoms with E-state index < -0.39 is 0 Å². The summed E-state index contributed by atoms with van der Waals surface area (Å²) in [6, 6.07) is 6.22. The molecule has 0 radical (unpaired) electrons. The lowest BCUT2D eigenvalue weighted by Gasteiger charge is -2.45. The van der Waals surface area contributed by atoms with Crippen molar-refractivity contribution in [3.8, 4) is 6.01 Å². The van der Waals surface area contributed by atoms with Crippen LogP contribution in [0.2, 0.25) is 0 Å². The number of hydrogen-bond donors (Lipinski definition) is 0. The average Bonchev–Trinajstić information content (AvgIpc) is 3.13. The predicted molar refractivity (Wildman–Crippen MR) is 127 cm³/mol. The van der Waals surface area contributed by atoms with Crippen LogP contribution in [-0.4, -0.2) is 50.7 Å². The minimum atomic E-state index is -0.142. The number of hydrogen-bond acceptors (Lipinski definition) is 5. The second kappa shape index (κ2) is 9.01. The molecule has 0 saturated carbocycles. The summed E-state index contributed by atoms with van der Waals surface area (Å²) in [5.41, 5.74) is 4.06. The van der Waals surface area contributed by atoms with Gasteiger partial charge in [0.1, 0.15) is 17.2 Å². The molecular weight excluding hydrogens is 417 g/mol. The van der Waals surface area contributed by atoms with Crippen LogP contribution in [0.5, 0.6) is 6.01 Å². The average molecular weight is 452 g/mol. The highest BCUT2D eigenvalue weighted by molar-refractivity contribution is 5.74. The fourth-order valence-electron chi connectivity index (χ4n) is 5.47. The van der Waals surface area contributed by atoms with E-state index in [0.717, 1.165) is 35.6 Å². The van der Waals surface area contributed by atoms with Crippen molar-refractivity contribution in [2.24, 2.45) is 11.8 Å². The van der Waals surface area contributed by atoms with Gasteiger partial charge in [0.2, 0.25) is 0 Å². The number of aromatic nitrogens is 4. The fraction of sp³-hybridized carbons (Fsp3) is 0.577. The molecule has 5 heterocycles. The van der Waals surface area contributed by atoms with Crippen LogP contribution >= 0.6 is 0 Å². The van der Waals surface area contributed by atoms with Crippen LogP contribution in [0.25, 0.3) is 11.2 Å². The van der Waals surface area contributed by atoms with Gasteiger partial charge in [-0.05, 0) is 69.2 Å². The number of rotatable bonds is 7. The molecule has 0 spiro atoms. The lowest BCUT2D eigenvalue weighted by atomic mass is 9.75. The minimum Gasteiger partial charge on any atom is -0.464 e. The molecule has 3 aliphatic rings. The first kappa shape index (κ1) is 22.3. The smallest absolute Gasteiger partial charge is 0.318 e. The molecule has 33 heavy (non-hydrogen) atoms. The maximum atomic E-state index is 15.4. The van der Waals surface area contributed by atoms with Gasteiger partial charge in [0, 0.05) is 18.5 Å². The number of aryl methyl sites for hydroxylation is 1. The van der Waals surface area contributed by atoms with Gasteiger partial charge in [-0.15, -0.1) is 0 Å². The SMILES string of the molecule is CCOc1nc(C)c2nc(CC(C)C)n(Cc3ccc(C4CN5CCC4CC5)cc3F)c2n1. The highest BCUT2D eigenvalue weighted by atomic mass is 19.1. The molecule has 0 N–H and O–H groups in total. The Labute approximate surface area is 195 Å². The molecule has 7 heteroatoms. The second-order valence-corrected chi connectivity index (χ2v) is 10.0. The summed E-state index contributed by atoms with van der Waals surface area (Å²) in [4.78, 5) is 16.4. The van der Waals surface area contributed by atoms with Gasteiger partial charge in [0.15, 0.2) is 5.65 Å². The number of halogens is 1. The molecule has 1 unspecified atom stereocenters. The van der Waals surface area contributed by atoms with Crippen LogP contribution in [0.15, 0.2) is 18.2 Å². The highest BCUT2D eigenvalue weighted by Crippen LogP contribution is 2.39. The van der Waals surface area contributed by atoms with E-state index in [4.69, 9.17) is 9.72 Å². The summed E-state index contributed by atoms with van der Waals surface area (Å²) in [6.07, 6.45) is 3.25. The van der Waals surface area contributed by atoms with E-state index in [-0.39, 0.29) is 5.82 Å². The zero-order valence-electron chi connectivity index (χ0n) is 20.1. The van der Waals surface area contributed by atoms with Crippen molar-refractivity contribution in [3.63, 3.8) is 0 Å². The van der Waals surface area contributed by atoms with Crippen LogP contribution < -0.4 is 4.74 Å². The largest absolute Gasteiger partial charge is 0.464 e. The van der Waals surface area contributed by atoms with Crippen LogP contribution in [0, 0.1) is 24.6 Å². The number of piperidine rings is 3. The molecule has 3 fully saturated rings. The number of nitrogens with zero attached hydrogens (tertiary/aromatic N) is 5. The summed E-state index contributed by atoms with van der Waals surface area (Å²) in [6.45, 7) is 12.5. The van der Waals surface area contributed by atoms with Crippen molar-refractivity contribution in [2.45, 2.75) is 59.4 Å². The van der Waals surface area contributed by atoms with Crippen molar-refractivity contribution < 1.29 is 9.13 Å². The monoisotopic (exact) mass is 451 g/mol. The Morgan fingerprint density at radius 2 is 1.94 bits per heavy atom. The van der Waals surface area contributed by atoms with Crippen LogP contribution in [-0.2, 0) is 13.0 Å². The standard InChI is InChI=1S/C26H34FN5O/c1-5-33-26-28-17(4)24-25(30-26)32(23(29-24)12-16(2)3)14-20-7-6-19(13-22(20)27)21-15-31-10-8-18(21)9-11-31/h6-7,13,16,18,21H,5,8-12,14-15H2,1-4H3. The van der Waals surface area contributed by atoms with Crippen LogP contribution in [0.4, 0.5) is 4.39 Å². The van der Waals surface area contributed by atoms with Crippen molar-refractivity contribution in [1.29, 1.82) is 0 Å². The molecule has 0 amide bonds. The molecule has 1 atom stereocenters. The molecule has 3 aliphatic heterocycles. The van der Waals surface area contributed by atoms with Crippen molar-refractivity contribution >= 4 is 11.2 Å². The first-order valence-electron chi connectivity index (χ1n) is 12.3. The molecule has 2 bridgehead atoms. The Kier molecular flexibility index (Phi) is 6.08. The Morgan fingerprint density at radius 1 is 1.15 bits per heavy atom. The van der Waals surface area contributed by atoms with Gasteiger partial charge in [-0.1, -0.05) is 26.0 Å². The Bertz CT molecular complexity index is 1150. The second-order valence-electron chi connectivity index (χ2n) is 10.0. The van der Waals surface area contributed by atoms with Gasteiger partial charge in [0.05, 0.1) is 18.8 Å². The molecule has 3 aromatic rings. The normalized spacial score (nSPS) is 22.4. The van der Waals surface area contributed by atoms with Crippen molar-refractivity contribution in [1.82, 2.24) is 24.4 Å². The van der Waals surface area contributed by atoms with Gasteiger partial charge >= 0.3 is 6.01 Å². The first-order chi connectivity index (χ1) is 15.9. The molecule has 6 rings (SSSR count). The third-order valence-electron chi connectivity index (χ3n) is 7.18. The van der Waals surface area contributed by atoms with E-state index in [1.807, 2.05) is 24.5 Å². The third kappa shape index (κ3) is 4.35. The Balaban J connectivity index is 1.50. The maximum absolute atomic E-state index is 15.4. The maximum Gasteiger partial charge on any atom is 0.318 e. The number of imidazole rings is 1. The first-order valence-corrected chi connectivity index (χ1v) is 12.3. The van der Waals surface area contributed by atoms with Gasteiger partial charge in [0.25, 0.3) is 0 Å². The van der Waals surface area contributed by atoms with E-state index in [9.17, 15) is 0 Å². The lowest BCUT2D eigenvalue weighted by molar-refractivity contribution is 0.0870. The van der Waals surface area contributed by atoms with Gasteiger partial charge in [-0.3, -0.25) is 0 Å². The number of benzene rings is 1. The number of ether oxygens (including phenoxy) is 1. The molecule has 0 aliphatic carbocycles. The Hall–Kier alpha value is -2.54. The fourth-order valence-corrected chi connectivity index (χ4v) is 5.47. The van der Waals surface area contributed by atoms with Gasteiger partial charge < -0.3 is 14.2 Å². The summed E-state index contributed by atoms with van der Waals surface area (Å²) in [5.74, 6) is 2.33. The van der Waals surface area contributed by atoms with E-state index >= 15 is 4.39 Å². The molecular formula is C26H34FN5O. The quantitative estimate of drug-likeness (QED) is 0.520. The zero-order valence-corrected chi connectivity index (χ0v) is 20.1. The molecule has 1 aromatic carbocycles. The number of fused-ring (bicyclic) bond motifs is 4. The molecule has 176 valence electrons. The summed E-state index contributed by atoms with van der Waals surface area (Å²) in [7, 11) is 0. The zero-order chi connectivity index (χ0) is 23.1. The van der Waals surface area contributed by atoms with Gasteiger partial charge in [-0.25, -0.2) is 9.37 Å².